The molecular weight excluding hydrogens is 414 g/mol. The van der Waals surface area contributed by atoms with Crippen LogP contribution in [0, 0.1) is 0 Å². The van der Waals surface area contributed by atoms with Crippen LogP contribution >= 0.6 is 0 Å². The summed E-state index contributed by atoms with van der Waals surface area (Å²) >= 11 is 0. The molecule has 0 saturated heterocycles. The first kappa shape index (κ1) is 21.8. The lowest BCUT2D eigenvalue weighted by Crippen LogP contribution is -2.50. The molecule has 2 aliphatic rings. The van der Waals surface area contributed by atoms with E-state index >= 15 is 0 Å². The third kappa shape index (κ3) is 4.44. The van der Waals surface area contributed by atoms with Crippen LogP contribution in [-0.4, -0.2) is 47.4 Å². The van der Waals surface area contributed by atoms with Gasteiger partial charge in [-0.3, -0.25) is 4.90 Å². The molecule has 170 valence electrons. The molecule has 2 heterocycles. The van der Waals surface area contributed by atoms with E-state index in [2.05, 4.69) is 0 Å². The molecule has 4 rings (SSSR count). The largest absolute Gasteiger partial charge is 0.508 e. The van der Waals surface area contributed by atoms with Gasteiger partial charge >= 0.3 is 12.1 Å². The fraction of sp³-hybridized carbons (Fsp3) is 0.417. The lowest BCUT2D eigenvalue weighted by Gasteiger charge is -2.37. The number of aromatic hydroxyl groups is 1. The minimum Gasteiger partial charge on any atom is -0.508 e. The molecule has 0 fully saturated rings. The SMILES string of the molecule is COC(=O)C1Cc2cc3c(cc2CN1C(=O)OC(C)(C)C)OC(c1ccc(O)cc1)CO3. The van der Waals surface area contributed by atoms with Crippen LogP contribution in [0.2, 0.25) is 0 Å². The van der Waals surface area contributed by atoms with E-state index in [-0.39, 0.29) is 18.4 Å². The second-order valence-electron chi connectivity index (χ2n) is 8.93. The second kappa shape index (κ2) is 8.26. The van der Waals surface area contributed by atoms with Crippen molar-refractivity contribution in [2.75, 3.05) is 13.7 Å². The van der Waals surface area contributed by atoms with Gasteiger partial charge in [-0.15, -0.1) is 0 Å². The Morgan fingerprint density at radius 3 is 2.44 bits per heavy atom. The number of carbonyl (C=O) groups is 2. The van der Waals surface area contributed by atoms with E-state index in [0.29, 0.717) is 24.5 Å². The van der Waals surface area contributed by atoms with Crippen molar-refractivity contribution >= 4 is 12.1 Å². The molecule has 8 heteroatoms. The van der Waals surface area contributed by atoms with Gasteiger partial charge in [0.15, 0.2) is 17.6 Å². The van der Waals surface area contributed by atoms with Crippen molar-refractivity contribution in [1.29, 1.82) is 0 Å². The summed E-state index contributed by atoms with van der Waals surface area (Å²) in [6.07, 6.45) is -0.607. The number of fused-ring (bicyclic) bond motifs is 2. The second-order valence-corrected chi connectivity index (χ2v) is 8.93. The first-order valence-corrected chi connectivity index (χ1v) is 10.5. The Balaban J connectivity index is 1.62. The molecule has 2 unspecified atom stereocenters. The van der Waals surface area contributed by atoms with Crippen LogP contribution in [-0.2, 0) is 27.2 Å². The van der Waals surface area contributed by atoms with Gasteiger partial charge in [-0.2, -0.15) is 0 Å². The number of amides is 1. The monoisotopic (exact) mass is 441 g/mol. The average Bonchev–Trinajstić information content (AvgIpc) is 2.75. The van der Waals surface area contributed by atoms with Gasteiger partial charge in [0.1, 0.15) is 24.0 Å². The number of ether oxygens (including phenoxy) is 4. The highest BCUT2D eigenvalue weighted by atomic mass is 16.6. The maximum Gasteiger partial charge on any atom is 0.411 e. The summed E-state index contributed by atoms with van der Waals surface area (Å²) < 4.78 is 22.6. The summed E-state index contributed by atoms with van der Waals surface area (Å²) in [5.41, 5.74) is 1.94. The van der Waals surface area contributed by atoms with E-state index in [1.54, 1.807) is 45.0 Å². The summed E-state index contributed by atoms with van der Waals surface area (Å²) in [4.78, 5) is 26.6. The average molecular weight is 441 g/mol. The minimum absolute atomic E-state index is 0.183. The number of carbonyl (C=O) groups excluding carboxylic acids is 2. The predicted molar refractivity (Wildman–Crippen MR) is 115 cm³/mol. The fourth-order valence-electron chi connectivity index (χ4n) is 3.86. The zero-order valence-electron chi connectivity index (χ0n) is 18.6. The van der Waals surface area contributed by atoms with Crippen molar-refractivity contribution in [1.82, 2.24) is 4.90 Å². The minimum atomic E-state index is -0.783. The first-order chi connectivity index (χ1) is 15.1. The Labute approximate surface area is 186 Å². The van der Waals surface area contributed by atoms with Gasteiger partial charge in [-0.1, -0.05) is 12.1 Å². The Hall–Kier alpha value is -3.42. The van der Waals surface area contributed by atoms with Crippen molar-refractivity contribution in [3.8, 4) is 17.2 Å². The molecule has 0 radical (unpaired) electrons. The highest BCUT2D eigenvalue weighted by Crippen LogP contribution is 2.41. The molecule has 2 aromatic carbocycles. The summed E-state index contributed by atoms with van der Waals surface area (Å²) in [6.45, 7) is 5.84. The summed E-state index contributed by atoms with van der Waals surface area (Å²) in [5, 5.41) is 9.52. The third-order valence-corrected chi connectivity index (χ3v) is 5.42. The molecule has 0 bridgehead atoms. The van der Waals surface area contributed by atoms with E-state index in [9.17, 15) is 14.7 Å². The predicted octanol–water partition coefficient (Wildman–Crippen LogP) is 3.74. The Morgan fingerprint density at radius 2 is 1.78 bits per heavy atom. The number of methoxy groups -OCH3 is 1. The molecule has 0 spiro atoms. The van der Waals surface area contributed by atoms with Gasteiger partial charge in [0, 0.05) is 6.42 Å². The molecule has 8 nitrogen and oxygen atoms in total. The molecule has 2 atom stereocenters. The van der Waals surface area contributed by atoms with Gasteiger partial charge in [0.25, 0.3) is 0 Å². The fourth-order valence-corrected chi connectivity index (χ4v) is 3.86. The number of hydrogen-bond acceptors (Lipinski definition) is 7. The number of nitrogens with zero attached hydrogens (tertiary/aromatic N) is 1. The molecule has 0 aliphatic carbocycles. The number of phenolic OH excluding ortho intramolecular Hbond substituents is 1. The molecule has 1 N–H and O–H groups in total. The molecule has 2 aliphatic heterocycles. The number of hydrogen-bond donors (Lipinski definition) is 1. The van der Waals surface area contributed by atoms with Crippen molar-refractivity contribution in [2.45, 2.75) is 51.5 Å². The zero-order valence-corrected chi connectivity index (χ0v) is 18.6. The van der Waals surface area contributed by atoms with Crippen LogP contribution in [0.5, 0.6) is 17.2 Å². The number of esters is 1. The van der Waals surface area contributed by atoms with Crippen molar-refractivity contribution in [3.05, 3.63) is 53.1 Å². The Morgan fingerprint density at radius 1 is 1.09 bits per heavy atom. The first-order valence-electron chi connectivity index (χ1n) is 10.5. The van der Waals surface area contributed by atoms with E-state index in [1.165, 1.54) is 12.0 Å². The van der Waals surface area contributed by atoms with Gasteiger partial charge in [-0.25, -0.2) is 9.59 Å². The number of phenols is 1. The maximum atomic E-state index is 12.8. The van der Waals surface area contributed by atoms with Gasteiger partial charge in [0.2, 0.25) is 0 Å². The van der Waals surface area contributed by atoms with Crippen LogP contribution in [0.3, 0.4) is 0 Å². The van der Waals surface area contributed by atoms with Crippen LogP contribution in [0.1, 0.15) is 43.6 Å². The molecule has 0 aromatic heterocycles. The van der Waals surface area contributed by atoms with E-state index < -0.39 is 23.7 Å². The van der Waals surface area contributed by atoms with E-state index in [4.69, 9.17) is 18.9 Å². The topological polar surface area (TPSA) is 94.5 Å². The van der Waals surface area contributed by atoms with Crippen molar-refractivity contribution < 1.29 is 33.6 Å². The lowest BCUT2D eigenvalue weighted by atomic mass is 9.93. The van der Waals surface area contributed by atoms with E-state index in [1.807, 2.05) is 12.1 Å². The highest BCUT2D eigenvalue weighted by Gasteiger charge is 2.39. The van der Waals surface area contributed by atoms with Crippen LogP contribution in [0.25, 0.3) is 0 Å². The van der Waals surface area contributed by atoms with Crippen LogP contribution in [0.4, 0.5) is 4.79 Å². The van der Waals surface area contributed by atoms with E-state index in [0.717, 1.165) is 16.7 Å². The Kier molecular flexibility index (Phi) is 5.62. The standard InChI is InChI=1S/C24H27NO7/c1-24(2,3)32-23(28)25-12-16-11-20-19(10-15(16)9-18(25)22(27)29-4)30-13-21(31-20)14-5-7-17(26)8-6-14/h5-8,10-11,18,21,26H,9,12-13H2,1-4H3. The zero-order chi connectivity index (χ0) is 23.0. The van der Waals surface area contributed by atoms with Crippen LogP contribution in [0.15, 0.2) is 36.4 Å². The lowest BCUT2D eigenvalue weighted by molar-refractivity contribution is -0.147. The van der Waals surface area contributed by atoms with Crippen molar-refractivity contribution in [3.63, 3.8) is 0 Å². The highest BCUT2D eigenvalue weighted by molar-refractivity contribution is 5.82. The summed E-state index contributed by atoms with van der Waals surface area (Å²) in [6, 6.07) is 9.71. The summed E-state index contributed by atoms with van der Waals surface area (Å²) in [5.74, 6) is 0.841. The molecule has 2 aromatic rings. The van der Waals surface area contributed by atoms with Gasteiger partial charge < -0.3 is 24.1 Å². The maximum absolute atomic E-state index is 12.8. The number of rotatable bonds is 2. The van der Waals surface area contributed by atoms with Crippen molar-refractivity contribution in [2.24, 2.45) is 0 Å². The Bertz CT molecular complexity index is 1030. The normalized spacial score (nSPS) is 19.7. The molecular formula is C24H27NO7. The molecule has 1 amide bonds. The molecule has 0 saturated carbocycles. The smallest absolute Gasteiger partial charge is 0.411 e. The quantitative estimate of drug-likeness (QED) is 0.710. The number of benzene rings is 2. The van der Waals surface area contributed by atoms with Gasteiger partial charge in [-0.05, 0) is 61.7 Å². The van der Waals surface area contributed by atoms with Crippen LogP contribution < -0.4 is 9.47 Å². The van der Waals surface area contributed by atoms with Gasteiger partial charge in [0.05, 0.1) is 13.7 Å². The molecule has 32 heavy (non-hydrogen) atoms. The summed E-state index contributed by atoms with van der Waals surface area (Å²) in [7, 11) is 1.30. The third-order valence-electron chi connectivity index (χ3n) is 5.42.